The first-order chi connectivity index (χ1) is 7.13. The van der Waals surface area contributed by atoms with Gasteiger partial charge >= 0.3 is 0 Å². The number of aliphatic imine (C=N–C) groups is 1. The molecule has 0 radical (unpaired) electrons. The normalized spacial score (nSPS) is 20.2. The third kappa shape index (κ3) is 2.75. The number of thioether (sulfide) groups is 1. The van der Waals surface area contributed by atoms with E-state index in [2.05, 4.69) is 49.3 Å². The van der Waals surface area contributed by atoms with Crippen LogP contribution in [0.25, 0.3) is 0 Å². The van der Waals surface area contributed by atoms with Crippen LogP contribution in [0.15, 0.2) is 23.2 Å². The molecule has 0 fully saturated rings. The molecular weight excluding hydrogens is 204 g/mol. The summed E-state index contributed by atoms with van der Waals surface area (Å²) in [6, 6.07) is 6.48. The van der Waals surface area contributed by atoms with Crippen LogP contribution in [0.4, 0.5) is 5.69 Å². The molecule has 2 nitrogen and oxygen atoms in total. The predicted octanol–water partition coefficient (Wildman–Crippen LogP) is 3.21. The maximum absolute atomic E-state index is 4.44. The van der Waals surface area contributed by atoms with Crippen molar-refractivity contribution in [3.05, 3.63) is 29.3 Å². The number of hydrogen-bond donors (Lipinski definition) is 1. The van der Waals surface area contributed by atoms with Gasteiger partial charge in [0.05, 0.1) is 6.54 Å². The number of anilines is 1. The quantitative estimate of drug-likeness (QED) is 0.786. The van der Waals surface area contributed by atoms with E-state index in [1.807, 2.05) is 11.8 Å². The van der Waals surface area contributed by atoms with Crippen molar-refractivity contribution >= 4 is 22.6 Å². The minimum Gasteiger partial charge on any atom is -0.335 e. The van der Waals surface area contributed by atoms with Crippen LogP contribution in [-0.4, -0.2) is 17.0 Å². The van der Waals surface area contributed by atoms with Crippen molar-refractivity contribution in [1.82, 2.24) is 0 Å². The van der Waals surface area contributed by atoms with Crippen molar-refractivity contribution < 1.29 is 0 Å². The molecule has 0 amide bonds. The predicted molar refractivity (Wildman–Crippen MR) is 68.9 cm³/mol. The lowest BCUT2D eigenvalue weighted by Crippen LogP contribution is -2.06. The number of nitrogens with one attached hydrogen (secondary N) is 1. The Bertz CT molecular complexity index is 378. The van der Waals surface area contributed by atoms with E-state index in [1.54, 1.807) is 0 Å². The standard InChI is InChI=1S/C12H16N2S/c1-8-4-9(2)6-11(5-8)14-12-13-7-10(3)15-12/h4-6,10H,7H2,1-3H3,(H,13,14). The molecule has 1 aromatic carbocycles. The van der Waals surface area contributed by atoms with Crippen LogP contribution in [0, 0.1) is 13.8 Å². The molecule has 15 heavy (non-hydrogen) atoms. The molecule has 1 N–H and O–H groups in total. The number of nitrogens with zero attached hydrogens (tertiary/aromatic N) is 1. The molecule has 80 valence electrons. The SMILES string of the molecule is Cc1cc(C)cc(NC2=NCC(C)S2)c1. The lowest BCUT2D eigenvalue weighted by atomic mass is 10.1. The zero-order valence-corrected chi connectivity index (χ0v) is 10.2. The fourth-order valence-electron chi connectivity index (χ4n) is 1.72. The first kappa shape index (κ1) is 10.6. The summed E-state index contributed by atoms with van der Waals surface area (Å²) >= 11 is 1.81. The Labute approximate surface area is 95.2 Å². The summed E-state index contributed by atoms with van der Waals surface area (Å²) < 4.78 is 0. The zero-order chi connectivity index (χ0) is 10.8. The molecule has 3 heteroatoms. The van der Waals surface area contributed by atoms with Crippen molar-refractivity contribution in [3.63, 3.8) is 0 Å². The topological polar surface area (TPSA) is 24.4 Å². The number of amidine groups is 1. The van der Waals surface area contributed by atoms with E-state index in [0.29, 0.717) is 5.25 Å². The average molecular weight is 220 g/mol. The smallest absolute Gasteiger partial charge is 0.161 e. The Morgan fingerprint density at radius 2 is 1.93 bits per heavy atom. The summed E-state index contributed by atoms with van der Waals surface area (Å²) in [7, 11) is 0. The van der Waals surface area contributed by atoms with Gasteiger partial charge in [0, 0.05) is 10.9 Å². The van der Waals surface area contributed by atoms with Gasteiger partial charge < -0.3 is 5.32 Å². The Hall–Kier alpha value is -0.960. The lowest BCUT2D eigenvalue weighted by Gasteiger charge is -2.08. The number of hydrogen-bond acceptors (Lipinski definition) is 3. The van der Waals surface area contributed by atoms with Gasteiger partial charge in [-0.05, 0) is 37.1 Å². The third-order valence-electron chi connectivity index (χ3n) is 2.28. The Kier molecular flexibility index (Phi) is 3.00. The fraction of sp³-hybridized carbons (Fsp3) is 0.417. The van der Waals surface area contributed by atoms with Crippen LogP contribution in [0.1, 0.15) is 18.1 Å². The highest BCUT2D eigenvalue weighted by Gasteiger charge is 2.14. The molecule has 1 unspecified atom stereocenters. The Morgan fingerprint density at radius 1 is 1.27 bits per heavy atom. The van der Waals surface area contributed by atoms with Crippen LogP contribution in [0.3, 0.4) is 0 Å². The number of aryl methyl sites for hydroxylation is 2. The van der Waals surface area contributed by atoms with E-state index in [1.165, 1.54) is 11.1 Å². The van der Waals surface area contributed by atoms with Crippen LogP contribution in [0.5, 0.6) is 0 Å². The highest BCUT2D eigenvalue weighted by Crippen LogP contribution is 2.23. The van der Waals surface area contributed by atoms with Crippen LogP contribution in [-0.2, 0) is 0 Å². The largest absolute Gasteiger partial charge is 0.335 e. The minimum atomic E-state index is 0.610. The lowest BCUT2D eigenvalue weighted by molar-refractivity contribution is 0.976. The minimum absolute atomic E-state index is 0.610. The summed E-state index contributed by atoms with van der Waals surface area (Å²) in [5.74, 6) is 0. The van der Waals surface area contributed by atoms with Crippen molar-refractivity contribution in [2.45, 2.75) is 26.0 Å². The van der Waals surface area contributed by atoms with Gasteiger partial charge in [-0.15, -0.1) is 0 Å². The molecule has 1 atom stereocenters. The van der Waals surface area contributed by atoms with Gasteiger partial charge in [0.1, 0.15) is 0 Å². The van der Waals surface area contributed by atoms with Crippen molar-refractivity contribution in [2.75, 3.05) is 11.9 Å². The molecule has 0 spiro atoms. The van der Waals surface area contributed by atoms with E-state index in [4.69, 9.17) is 0 Å². The van der Waals surface area contributed by atoms with Crippen LogP contribution in [0.2, 0.25) is 0 Å². The third-order valence-corrected chi connectivity index (χ3v) is 3.28. The molecule has 0 bridgehead atoms. The van der Waals surface area contributed by atoms with E-state index in [0.717, 1.165) is 17.4 Å². The summed E-state index contributed by atoms with van der Waals surface area (Å²) in [5, 5.41) is 5.02. The number of benzene rings is 1. The second-order valence-electron chi connectivity index (χ2n) is 4.08. The molecule has 2 rings (SSSR count). The fourth-order valence-corrected chi connectivity index (χ4v) is 2.57. The molecule has 1 aromatic rings. The van der Waals surface area contributed by atoms with Crippen LogP contribution < -0.4 is 5.32 Å². The van der Waals surface area contributed by atoms with Gasteiger partial charge in [-0.3, -0.25) is 4.99 Å². The van der Waals surface area contributed by atoms with E-state index in [-0.39, 0.29) is 0 Å². The average Bonchev–Trinajstić information content (AvgIpc) is 2.49. The van der Waals surface area contributed by atoms with Crippen molar-refractivity contribution in [1.29, 1.82) is 0 Å². The Balaban J connectivity index is 2.11. The van der Waals surface area contributed by atoms with Gasteiger partial charge in [0.25, 0.3) is 0 Å². The van der Waals surface area contributed by atoms with Gasteiger partial charge in [-0.25, -0.2) is 0 Å². The number of rotatable bonds is 1. The molecule has 1 aliphatic rings. The van der Waals surface area contributed by atoms with Gasteiger partial charge in [0.15, 0.2) is 5.17 Å². The molecule has 0 aliphatic carbocycles. The molecule has 0 saturated heterocycles. The Morgan fingerprint density at radius 3 is 2.47 bits per heavy atom. The summed E-state index contributed by atoms with van der Waals surface area (Å²) in [5.41, 5.74) is 3.72. The zero-order valence-electron chi connectivity index (χ0n) is 9.37. The molecule has 0 aromatic heterocycles. The summed E-state index contributed by atoms with van der Waals surface area (Å²) in [6.45, 7) is 7.36. The second kappa shape index (κ2) is 4.27. The first-order valence-electron chi connectivity index (χ1n) is 5.20. The van der Waals surface area contributed by atoms with E-state index >= 15 is 0 Å². The van der Waals surface area contributed by atoms with Gasteiger partial charge in [0.2, 0.25) is 0 Å². The maximum Gasteiger partial charge on any atom is 0.161 e. The van der Waals surface area contributed by atoms with Crippen molar-refractivity contribution in [2.24, 2.45) is 4.99 Å². The van der Waals surface area contributed by atoms with Crippen molar-refractivity contribution in [3.8, 4) is 0 Å². The maximum atomic E-state index is 4.44. The molecule has 0 saturated carbocycles. The highest BCUT2D eigenvalue weighted by atomic mass is 32.2. The van der Waals surface area contributed by atoms with E-state index in [9.17, 15) is 0 Å². The first-order valence-corrected chi connectivity index (χ1v) is 6.08. The summed E-state index contributed by atoms with van der Waals surface area (Å²) in [4.78, 5) is 4.44. The van der Waals surface area contributed by atoms with E-state index < -0.39 is 0 Å². The van der Waals surface area contributed by atoms with Gasteiger partial charge in [-0.1, -0.05) is 24.8 Å². The summed E-state index contributed by atoms with van der Waals surface area (Å²) in [6.07, 6.45) is 0. The van der Waals surface area contributed by atoms with Gasteiger partial charge in [-0.2, -0.15) is 0 Å². The molecular formula is C12H16N2S. The second-order valence-corrected chi connectivity index (χ2v) is 5.50. The molecule has 1 aliphatic heterocycles. The molecule has 1 heterocycles. The monoisotopic (exact) mass is 220 g/mol. The van der Waals surface area contributed by atoms with Crippen LogP contribution >= 0.6 is 11.8 Å². The highest BCUT2D eigenvalue weighted by molar-refractivity contribution is 8.15.